The molecule has 0 aromatic carbocycles. The molecule has 12 atom stereocenters. The monoisotopic (exact) mass is 839 g/mol. The molecule has 2 saturated heterocycles. The Bertz CT molecular complexity index is 1200. The molecule has 0 aromatic rings. The van der Waals surface area contributed by atoms with E-state index in [4.69, 9.17) is 33.9 Å². The predicted octanol–water partition coefficient (Wildman–Crippen LogP) is -8.96. The maximum absolute atomic E-state index is 12.5. The van der Waals surface area contributed by atoms with Crippen LogP contribution in [0.1, 0.15) is 33.1 Å². The molecule has 2 unspecified atom stereocenters. The quantitative estimate of drug-likeness (QED) is 0.0308. The summed E-state index contributed by atoms with van der Waals surface area (Å²) in [6, 6.07) is -2.29. The Labute approximate surface area is 329 Å². The first kappa shape index (κ1) is 52.7. The highest BCUT2D eigenvalue weighted by molar-refractivity contribution is 7.99. The van der Waals surface area contributed by atoms with Gasteiger partial charge in [0.25, 0.3) is 11.6 Å². The maximum atomic E-state index is 12.5. The lowest BCUT2D eigenvalue weighted by Gasteiger charge is -2.46. The molecule has 2 amide bonds. The number of esters is 2. The summed E-state index contributed by atoms with van der Waals surface area (Å²) in [4.78, 5) is 47.5. The first-order valence-electron chi connectivity index (χ1n) is 17.1. The van der Waals surface area contributed by atoms with Crippen LogP contribution in [0.4, 0.5) is 0 Å². The number of aliphatic hydroxyl groups is 8. The summed E-state index contributed by atoms with van der Waals surface area (Å²) in [7, 11) is 2.21. The number of hydrogen-bond donors (Lipinski definition) is 11. The van der Waals surface area contributed by atoms with Gasteiger partial charge in [0.15, 0.2) is 0 Å². The smallest absolute Gasteiger partial charge is 0.366 e. The lowest BCUT2D eigenvalue weighted by molar-refractivity contribution is -0.360. The van der Waals surface area contributed by atoms with Crippen molar-refractivity contribution in [3.63, 3.8) is 0 Å². The summed E-state index contributed by atoms with van der Waals surface area (Å²) in [6.45, 7) is 5.04. The van der Waals surface area contributed by atoms with Crippen molar-refractivity contribution in [2.75, 3.05) is 58.7 Å². The van der Waals surface area contributed by atoms with Crippen molar-refractivity contribution >= 4 is 35.5 Å². The average molecular weight is 840 g/mol. The van der Waals surface area contributed by atoms with Gasteiger partial charge in [-0.1, -0.05) is 6.08 Å². The van der Waals surface area contributed by atoms with Crippen molar-refractivity contribution in [2.45, 2.75) is 106 Å². The lowest BCUT2D eigenvalue weighted by atomic mass is 9.88. The number of carbonyl (C=O) groups excluding carboxylic acids is 4. The Kier molecular flexibility index (Phi) is 24.8. The number of thioether (sulfide) groups is 1. The number of quaternary nitrogens is 1. The van der Waals surface area contributed by atoms with Gasteiger partial charge in [0, 0.05) is 32.4 Å². The number of nitrogens with one attached hydrogen (secondary N) is 2. The number of amides is 2. The molecule has 0 aliphatic carbocycles. The number of ether oxygens (including phenoxy) is 6. The SMILES string of the molecule is C=CCO[C@]1(C(=O)OC)C[C@@H](O)[C@@H](NC(C)=O)C([C@H](O)[C@H](O)CO)O1.COC(=O)[C@@]1(OCCCSCC[NH3+])C[C@@H](O)[C@@H](NC(C)=O)C([C@H](O)[C@H](O)CO)O1.[Cl-]. The standard InChI is InChI=1S/C17H32N2O9S.C15H25NO9.ClH/c1-10(21)19-13-11(22)8-17(16(25)26-2,27-5-3-6-29-7-4-18)28-15(13)14(24)12(23)9-20;1-4-5-24-15(14(22)23-3)6-9(19)11(16-8(2)18)13(25-15)12(21)10(20)7-17;/h11-15,20,22-24H,3-9,18H2,1-2H3,(H,19,21);4,9-13,17,19-21H,1,5-7H2,2-3H3,(H,16,18);1H/t11-,12-,13-,14-,15?,17-;9-,10-,11-,12-,13?,15-;/m11./s1. The summed E-state index contributed by atoms with van der Waals surface area (Å²) in [6.07, 6.45) is -11.1. The number of hydrogen-bond acceptors (Lipinski definition) is 19. The fraction of sp³-hybridized carbons (Fsp3) is 0.812. The van der Waals surface area contributed by atoms with E-state index in [0.29, 0.717) is 6.42 Å². The third-order valence-corrected chi connectivity index (χ3v) is 9.36. The summed E-state index contributed by atoms with van der Waals surface area (Å²) < 4.78 is 31.7. The van der Waals surface area contributed by atoms with Crippen LogP contribution in [0.5, 0.6) is 0 Å². The van der Waals surface area contributed by atoms with Gasteiger partial charge in [0.2, 0.25) is 11.8 Å². The van der Waals surface area contributed by atoms with Gasteiger partial charge in [-0.3, -0.25) is 9.59 Å². The largest absolute Gasteiger partial charge is 1.00 e. The fourth-order valence-electron chi connectivity index (χ4n) is 5.64. The van der Waals surface area contributed by atoms with E-state index in [1.165, 1.54) is 19.9 Å². The molecule has 2 aliphatic rings. The lowest BCUT2D eigenvalue weighted by Crippen LogP contribution is -3.00. The topological polar surface area (TPSA) is 337 Å². The second-order valence-electron chi connectivity index (χ2n) is 12.4. The van der Waals surface area contributed by atoms with Crippen LogP contribution in [0, 0.1) is 0 Å². The van der Waals surface area contributed by atoms with Gasteiger partial charge in [-0.2, -0.15) is 11.8 Å². The van der Waals surface area contributed by atoms with E-state index < -0.39 is 116 Å². The number of rotatable bonds is 20. The molecule has 0 saturated carbocycles. The first-order chi connectivity index (χ1) is 25.4. The molecule has 0 spiro atoms. The maximum Gasteiger partial charge on any atom is 0.366 e. The van der Waals surface area contributed by atoms with Crippen LogP contribution in [0.25, 0.3) is 0 Å². The zero-order valence-corrected chi connectivity index (χ0v) is 32.9. The highest BCUT2D eigenvalue weighted by Crippen LogP contribution is 2.35. The third-order valence-electron chi connectivity index (χ3n) is 8.21. The minimum absolute atomic E-state index is 0. The zero-order valence-electron chi connectivity index (χ0n) is 31.3. The molecule has 2 aliphatic heterocycles. The van der Waals surface area contributed by atoms with E-state index in [1.54, 1.807) is 11.8 Å². The number of methoxy groups -OCH3 is 2. The summed E-state index contributed by atoms with van der Waals surface area (Å²) in [5.74, 6) is -5.37. The molecule has 23 heteroatoms. The van der Waals surface area contributed by atoms with Gasteiger partial charge in [-0.25, -0.2) is 9.59 Å². The summed E-state index contributed by atoms with van der Waals surface area (Å²) in [5, 5.41) is 84.2. The highest BCUT2D eigenvalue weighted by atomic mass is 35.5. The Balaban J connectivity index is 0.00000105. The fourth-order valence-corrected chi connectivity index (χ4v) is 6.37. The van der Waals surface area contributed by atoms with Crippen LogP contribution in [0.2, 0.25) is 0 Å². The van der Waals surface area contributed by atoms with Crippen molar-refractivity contribution in [3.8, 4) is 0 Å². The van der Waals surface area contributed by atoms with Crippen LogP contribution in [-0.2, 0) is 47.6 Å². The number of aliphatic hydroxyl groups excluding tert-OH is 8. The molecule has 2 fully saturated rings. The molecular formula is C32H58ClN3O18S. The minimum Gasteiger partial charge on any atom is -1.00 e. The normalized spacial score (nSPS) is 29.8. The Morgan fingerprint density at radius 1 is 0.836 bits per heavy atom. The second-order valence-corrected chi connectivity index (χ2v) is 13.6. The van der Waals surface area contributed by atoms with E-state index in [1.807, 2.05) is 0 Å². The van der Waals surface area contributed by atoms with Gasteiger partial charge < -0.3 is 98.0 Å². The van der Waals surface area contributed by atoms with Crippen molar-refractivity contribution in [1.82, 2.24) is 10.6 Å². The van der Waals surface area contributed by atoms with Crippen molar-refractivity contribution in [2.24, 2.45) is 0 Å². The second kappa shape index (κ2) is 25.9. The van der Waals surface area contributed by atoms with Crippen LogP contribution in [0.3, 0.4) is 0 Å². The molecule has 0 bridgehead atoms. The minimum atomic E-state index is -2.07. The van der Waals surface area contributed by atoms with Crippen LogP contribution in [0.15, 0.2) is 12.7 Å². The van der Waals surface area contributed by atoms with Crippen molar-refractivity contribution in [3.05, 3.63) is 12.7 Å². The predicted molar refractivity (Wildman–Crippen MR) is 186 cm³/mol. The molecule has 2 rings (SSSR count). The molecule has 2 heterocycles. The van der Waals surface area contributed by atoms with Crippen LogP contribution in [-0.4, -0.2) is 196 Å². The molecule has 55 heavy (non-hydrogen) atoms. The highest BCUT2D eigenvalue weighted by Gasteiger charge is 2.57. The first-order valence-corrected chi connectivity index (χ1v) is 18.2. The molecule has 322 valence electrons. The number of carbonyl (C=O) groups is 4. The van der Waals surface area contributed by atoms with E-state index in [9.17, 15) is 49.8 Å². The Morgan fingerprint density at radius 2 is 1.25 bits per heavy atom. The van der Waals surface area contributed by atoms with E-state index in [-0.39, 0.29) is 32.0 Å². The van der Waals surface area contributed by atoms with Gasteiger partial charge in [-0.05, 0) is 12.2 Å². The average Bonchev–Trinajstić information content (AvgIpc) is 3.15. The van der Waals surface area contributed by atoms with Gasteiger partial charge in [0.05, 0.1) is 71.5 Å². The summed E-state index contributed by atoms with van der Waals surface area (Å²) in [5.41, 5.74) is 3.75. The third kappa shape index (κ3) is 15.2. The van der Waals surface area contributed by atoms with Crippen molar-refractivity contribution in [1.29, 1.82) is 0 Å². The molecule has 21 nitrogen and oxygen atoms in total. The molecule has 0 aromatic heterocycles. The Hall–Kier alpha value is -2.26. The van der Waals surface area contributed by atoms with Gasteiger partial charge >= 0.3 is 11.9 Å². The molecule has 13 N–H and O–H groups in total. The van der Waals surface area contributed by atoms with E-state index in [2.05, 4.69) is 27.7 Å². The zero-order chi connectivity index (χ0) is 41.2. The Morgan fingerprint density at radius 3 is 1.60 bits per heavy atom. The summed E-state index contributed by atoms with van der Waals surface area (Å²) >= 11 is 1.68. The molecule has 0 radical (unpaired) electrons. The van der Waals surface area contributed by atoms with E-state index >= 15 is 0 Å². The van der Waals surface area contributed by atoms with Crippen LogP contribution < -0.4 is 28.8 Å². The van der Waals surface area contributed by atoms with Gasteiger partial charge in [-0.15, -0.1) is 6.58 Å². The van der Waals surface area contributed by atoms with Crippen LogP contribution >= 0.6 is 11.8 Å². The number of halogens is 1. The van der Waals surface area contributed by atoms with E-state index in [0.717, 1.165) is 32.3 Å². The van der Waals surface area contributed by atoms with Crippen molar-refractivity contribution < 1.29 is 107 Å². The molecular weight excluding hydrogens is 782 g/mol. The van der Waals surface area contributed by atoms with Gasteiger partial charge in [0.1, 0.15) is 36.6 Å².